The van der Waals surface area contributed by atoms with Gasteiger partial charge in [-0.3, -0.25) is 0 Å². The fourth-order valence-electron chi connectivity index (χ4n) is 3.51. The zero-order valence-corrected chi connectivity index (χ0v) is 13.9. The predicted octanol–water partition coefficient (Wildman–Crippen LogP) is 3.50. The molecule has 2 aromatic heterocycles. The lowest BCUT2D eigenvalue weighted by atomic mass is 10.00. The molecule has 6 heteroatoms. The van der Waals surface area contributed by atoms with E-state index in [-0.39, 0.29) is 5.82 Å². The Labute approximate surface area is 140 Å². The third-order valence-electron chi connectivity index (χ3n) is 4.63. The number of hydrogen-bond donors (Lipinski definition) is 0. The van der Waals surface area contributed by atoms with Gasteiger partial charge in [0.2, 0.25) is 0 Å². The van der Waals surface area contributed by atoms with Crippen LogP contribution in [0, 0.1) is 18.7 Å². The fourth-order valence-corrected chi connectivity index (χ4v) is 3.51. The monoisotopic (exact) mass is 325 g/mol. The maximum Gasteiger partial charge on any atom is 0.168 e. The number of nitrogens with zero attached hydrogens (tertiary/aromatic N) is 5. The summed E-state index contributed by atoms with van der Waals surface area (Å²) in [4.78, 5) is 11.3. The van der Waals surface area contributed by atoms with Crippen LogP contribution in [0.15, 0.2) is 30.6 Å². The van der Waals surface area contributed by atoms with Crippen LogP contribution in [0.3, 0.4) is 0 Å². The van der Waals surface area contributed by atoms with Gasteiger partial charge in [0, 0.05) is 13.1 Å². The van der Waals surface area contributed by atoms with Gasteiger partial charge in [0.05, 0.1) is 16.8 Å². The highest BCUT2D eigenvalue weighted by Crippen LogP contribution is 2.30. The van der Waals surface area contributed by atoms with Gasteiger partial charge in [0.25, 0.3) is 0 Å². The molecule has 4 rings (SSSR count). The molecular weight excluding hydrogens is 305 g/mol. The van der Waals surface area contributed by atoms with Crippen LogP contribution in [0.1, 0.15) is 25.5 Å². The second kappa shape index (κ2) is 5.85. The van der Waals surface area contributed by atoms with Crippen molar-refractivity contribution in [2.75, 3.05) is 18.0 Å². The molecule has 0 radical (unpaired) electrons. The van der Waals surface area contributed by atoms with Crippen LogP contribution in [0.25, 0.3) is 16.7 Å². The Kier molecular flexibility index (Phi) is 3.67. The molecule has 124 valence electrons. The zero-order valence-electron chi connectivity index (χ0n) is 13.9. The van der Waals surface area contributed by atoms with E-state index in [1.807, 2.05) is 13.0 Å². The fraction of sp³-hybridized carbons (Fsp3) is 0.389. The van der Waals surface area contributed by atoms with E-state index < -0.39 is 0 Å². The minimum atomic E-state index is -0.284. The number of halogens is 1. The van der Waals surface area contributed by atoms with E-state index in [9.17, 15) is 4.39 Å². The molecule has 1 atom stereocenters. The van der Waals surface area contributed by atoms with Crippen molar-refractivity contribution in [3.8, 4) is 5.69 Å². The second-order valence-electron chi connectivity index (χ2n) is 6.57. The third-order valence-corrected chi connectivity index (χ3v) is 4.63. The van der Waals surface area contributed by atoms with Crippen molar-refractivity contribution in [2.24, 2.45) is 5.92 Å². The molecule has 1 aliphatic heterocycles. The Hall–Kier alpha value is -2.50. The molecule has 0 amide bonds. The Morgan fingerprint density at radius 1 is 1.25 bits per heavy atom. The predicted molar refractivity (Wildman–Crippen MR) is 92.0 cm³/mol. The Bertz CT molecular complexity index is 888. The summed E-state index contributed by atoms with van der Waals surface area (Å²) < 4.78 is 15.3. The largest absolute Gasteiger partial charge is 0.356 e. The van der Waals surface area contributed by atoms with Crippen molar-refractivity contribution in [1.82, 2.24) is 19.7 Å². The molecule has 1 unspecified atom stereocenters. The molecule has 1 aliphatic rings. The molecule has 0 bridgehead atoms. The highest BCUT2D eigenvalue weighted by Gasteiger charge is 2.23. The third kappa shape index (κ3) is 2.52. The summed E-state index contributed by atoms with van der Waals surface area (Å²) in [6.07, 6.45) is 4.00. The van der Waals surface area contributed by atoms with Crippen molar-refractivity contribution in [3.63, 3.8) is 0 Å². The number of aryl methyl sites for hydroxylation is 1. The molecule has 1 saturated heterocycles. The summed E-state index contributed by atoms with van der Waals surface area (Å²) in [6.45, 7) is 6.23. The molecule has 0 saturated carbocycles. The zero-order chi connectivity index (χ0) is 16.7. The van der Waals surface area contributed by atoms with Crippen LogP contribution in [0.5, 0.6) is 0 Å². The highest BCUT2D eigenvalue weighted by molar-refractivity contribution is 5.90. The smallest absolute Gasteiger partial charge is 0.168 e. The van der Waals surface area contributed by atoms with Crippen LogP contribution >= 0.6 is 0 Å². The highest BCUT2D eigenvalue weighted by atomic mass is 19.1. The van der Waals surface area contributed by atoms with Crippen molar-refractivity contribution in [2.45, 2.75) is 26.7 Å². The van der Waals surface area contributed by atoms with E-state index in [0.717, 1.165) is 35.6 Å². The summed E-state index contributed by atoms with van der Waals surface area (Å²) in [6, 6.07) is 6.41. The van der Waals surface area contributed by atoms with Gasteiger partial charge in [0.1, 0.15) is 18.0 Å². The minimum Gasteiger partial charge on any atom is -0.356 e. The lowest BCUT2D eigenvalue weighted by molar-refractivity contribution is 0.445. The van der Waals surface area contributed by atoms with Crippen LogP contribution < -0.4 is 4.90 Å². The van der Waals surface area contributed by atoms with E-state index in [2.05, 4.69) is 26.9 Å². The van der Waals surface area contributed by atoms with Crippen molar-refractivity contribution < 1.29 is 4.39 Å². The topological polar surface area (TPSA) is 46.8 Å². The summed E-state index contributed by atoms with van der Waals surface area (Å²) in [5, 5.41) is 5.55. The average molecular weight is 325 g/mol. The number of fused-ring (bicyclic) bond motifs is 1. The van der Waals surface area contributed by atoms with Gasteiger partial charge in [-0.05, 0) is 43.9 Å². The van der Waals surface area contributed by atoms with Gasteiger partial charge in [0.15, 0.2) is 5.65 Å². The lowest BCUT2D eigenvalue weighted by Gasteiger charge is -2.32. The molecule has 3 heterocycles. The van der Waals surface area contributed by atoms with E-state index in [0.29, 0.717) is 11.6 Å². The first-order chi connectivity index (χ1) is 11.6. The van der Waals surface area contributed by atoms with Crippen molar-refractivity contribution in [3.05, 3.63) is 42.1 Å². The molecule has 0 aliphatic carbocycles. The summed E-state index contributed by atoms with van der Waals surface area (Å²) >= 11 is 0. The van der Waals surface area contributed by atoms with E-state index >= 15 is 0 Å². The normalized spacial score (nSPS) is 18.3. The standard InChI is InChI=1S/C18H20FN5/c1-12-5-4-8-23(10-12)17-16-13(2)22-24(18(16)21-11-20-17)15-7-3-6-14(19)9-15/h3,6-7,9,11-12H,4-5,8,10H2,1-2H3. The molecule has 1 aromatic carbocycles. The Morgan fingerprint density at radius 2 is 2.12 bits per heavy atom. The number of hydrogen-bond acceptors (Lipinski definition) is 4. The van der Waals surface area contributed by atoms with E-state index in [1.165, 1.54) is 25.0 Å². The molecule has 0 N–H and O–H groups in total. The van der Waals surface area contributed by atoms with Gasteiger partial charge in [-0.1, -0.05) is 13.0 Å². The van der Waals surface area contributed by atoms with E-state index in [1.54, 1.807) is 17.1 Å². The summed E-state index contributed by atoms with van der Waals surface area (Å²) in [5.74, 6) is 1.31. The van der Waals surface area contributed by atoms with Gasteiger partial charge >= 0.3 is 0 Å². The van der Waals surface area contributed by atoms with Gasteiger partial charge < -0.3 is 4.90 Å². The molecule has 5 nitrogen and oxygen atoms in total. The van der Waals surface area contributed by atoms with Crippen LogP contribution in [-0.4, -0.2) is 32.8 Å². The molecule has 1 fully saturated rings. The number of rotatable bonds is 2. The molecular formula is C18H20FN5. The van der Waals surface area contributed by atoms with E-state index in [4.69, 9.17) is 0 Å². The van der Waals surface area contributed by atoms with Gasteiger partial charge in [-0.2, -0.15) is 5.10 Å². The molecule has 24 heavy (non-hydrogen) atoms. The number of benzene rings is 1. The quantitative estimate of drug-likeness (QED) is 0.723. The van der Waals surface area contributed by atoms with Crippen LogP contribution in [0.2, 0.25) is 0 Å². The molecule has 0 spiro atoms. The number of piperidine rings is 1. The Balaban J connectivity index is 1.87. The first-order valence-corrected chi connectivity index (χ1v) is 8.34. The van der Waals surface area contributed by atoms with Crippen molar-refractivity contribution >= 4 is 16.9 Å². The van der Waals surface area contributed by atoms with Crippen molar-refractivity contribution in [1.29, 1.82) is 0 Å². The Morgan fingerprint density at radius 3 is 2.92 bits per heavy atom. The summed E-state index contributed by atoms with van der Waals surface area (Å²) in [7, 11) is 0. The SMILES string of the molecule is Cc1nn(-c2cccc(F)c2)c2ncnc(N3CCCC(C)C3)c12. The number of aromatic nitrogens is 4. The minimum absolute atomic E-state index is 0.284. The average Bonchev–Trinajstić information content (AvgIpc) is 2.92. The van der Waals surface area contributed by atoms with Gasteiger partial charge in [-0.15, -0.1) is 0 Å². The second-order valence-corrected chi connectivity index (χ2v) is 6.57. The number of anilines is 1. The van der Waals surface area contributed by atoms with Crippen LogP contribution in [-0.2, 0) is 0 Å². The maximum atomic E-state index is 13.6. The molecule has 3 aromatic rings. The first kappa shape index (κ1) is 15.1. The lowest BCUT2D eigenvalue weighted by Crippen LogP contribution is -2.35. The summed E-state index contributed by atoms with van der Waals surface area (Å²) in [5.41, 5.74) is 2.26. The van der Waals surface area contributed by atoms with Crippen LogP contribution in [0.4, 0.5) is 10.2 Å². The van der Waals surface area contributed by atoms with Gasteiger partial charge in [-0.25, -0.2) is 19.0 Å². The first-order valence-electron chi connectivity index (χ1n) is 8.34. The maximum absolute atomic E-state index is 13.6.